The van der Waals surface area contributed by atoms with E-state index in [-0.39, 0.29) is 10.6 Å². The molecule has 0 saturated heterocycles. The molecule has 0 saturated carbocycles. The van der Waals surface area contributed by atoms with Crippen molar-refractivity contribution < 1.29 is 18.3 Å². The van der Waals surface area contributed by atoms with Crippen molar-refractivity contribution in [3.8, 4) is 0 Å². The Morgan fingerprint density at radius 2 is 2.20 bits per heavy atom. The van der Waals surface area contributed by atoms with Gasteiger partial charge in [-0.2, -0.15) is 0 Å². The summed E-state index contributed by atoms with van der Waals surface area (Å²) in [7, 11) is -3.52. The fourth-order valence-corrected chi connectivity index (χ4v) is 4.55. The summed E-state index contributed by atoms with van der Waals surface area (Å²) in [5.74, 6) is -0.961. The Balaban J connectivity index is 1.92. The van der Waals surface area contributed by atoms with Crippen LogP contribution < -0.4 is 4.72 Å². The minimum Gasteiger partial charge on any atom is -0.481 e. The lowest BCUT2D eigenvalue weighted by Gasteiger charge is -2.05. The lowest BCUT2D eigenvalue weighted by Crippen LogP contribution is -2.24. The van der Waals surface area contributed by atoms with Gasteiger partial charge in [0.1, 0.15) is 4.21 Å². The van der Waals surface area contributed by atoms with Gasteiger partial charge in [0.05, 0.1) is 6.42 Å². The quantitative estimate of drug-likeness (QED) is 0.755. The van der Waals surface area contributed by atoms with Gasteiger partial charge in [-0.3, -0.25) is 4.79 Å². The predicted octanol–water partition coefficient (Wildman–Crippen LogP) is 2.15. The summed E-state index contributed by atoms with van der Waals surface area (Å²) in [5, 5.41) is 8.68. The molecular formula is C13H17NO4S2. The van der Waals surface area contributed by atoms with Crippen molar-refractivity contribution in [2.24, 2.45) is 0 Å². The Morgan fingerprint density at radius 1 is 1.40 bits per heavy atom. The second kappa shape index (κ2) is 6.51. The van der Waals surface area contributed by atoms with E-state index >= 15 is 0 Å². The smallest absolute Gasteiger partial charge is 0.308 e. The van der Waals surface area contributed by atoms with Crippen LogP contribution in [0.5, 0.6) is 0 Å². The van der Waals surface area contributed by atoms with Gasteiger partial charge in [0, 0.05) is 11.4 Å². The third-order valence-electron chi connectivity index (χ3n) is 3.10. The van der Waals surface area contributed by atoms with Crippen molar-refractivity contribution in [1.29, 1.82) is 0 Å². The van der Waals surface area contributed by atoms with Gasteiger partial charge in [0.2, 0.25) is 10.0 Å². The minimum atomic E-state index is -3.52. The van der Waals surface area contributed by atoms with E-state index in [1.165, 1.54) is 11.6 Å². The molecule has 0 unspecified atom stereocenters. The van der Waals surface area contributed by atoms with Crippen LogP contribution in [0.1, 0.15) is 30.6 Å². The number of aliphatic carboxylic acids is 1. The van der Waals surface area contributed by atoms with E-state index in [2.05, 4.69) is 10.8 Å². The van der Waals surface area contributed by atoms with Gasteiger partial charge < -0.3 is 5.11 Å². The summed E-state index contributed by atoms with van der Waals surface area (Å²) in [6.45, 7) is 0.389. The van der Waals surface area contributed by atoms with Crippen LogP contribution in [-0.4, -0.2) is 26.0 Å². The van der Waals surface area contributed by atoms with Gasteiger partial charge in [0.25, 0.3) is 0 Å². The fraction of sp³-hybridized carbons (Fsp3) is 0.462. The predicted molar refractivity (Wildman–Crippen MR) is 77.4 cm³/mol. The molecule has 0 aliphatic heterocycles. The van der Waals surface area contributed by atoms with E-state index in [9.17, 15) is 13.2 Å². The molecule has 5 nitrogen and oxygen atoms in total. The third-order valence-corrected chi connectivity index (χ3v) is 6.14. The highest BCUT2D eigenvalue weighted by Gasteiger charge is 2.17. The number of hydrogen-bond donors (Lipinski definition) is 2. The van der Waals surface area contributed by atoms with Crippen LogP contribution in [-0.2, 0) is 21.2 Å². The molecule has 0 fully saturated rings. The average molecular weight is 315 g/mol. The first-order valence-electron chi connectivity index (χ1n) is 6.45. The van der Waals surface area contributed by atoms with Crippen molar-refractivity contribution in [1.82, 2.24) is 4.72 Å². The monoisotopic (exact) mass is 315 g/mol. The highest BCUT2D eigenvalue weighted by molar-refractivity contribution is 7.91. The Labute approximate surface area is 122 Å². The summed E-state index contributed by atoms with van der Waals surface area (Å²) < 4.78 is 26.8. The highest BCUT2D eigenvalue weighted by Crippen LogP contribution is 2.23. The molecule has 0 atom stereocenters. The van der Waals surface area contributed by atoms with Crippen LogP contribution in [0.15, 0.2) is 28.0 Å². The number of carboxylic acid groups (broad SMARTS) is 1. The lowest BCUT2D eigenvalue weighted by molar-refractivity contribution is -0.136. The summed E-state index contributed by atoms with van der Waals surface area (Å²) in [4.78, 5) is 11.1. The molecule has 0 amide bonds. The molecule has 20 heavy (non-hydrogen) atoms. The van der Waals surface area contributed by atoms with E-state index < -0.39 is 16.0 Å². The maximum Gasteiger partial charge on any atom is 0.308 e. The van der Waals surface area contributed by atoms with Gasteiger partial charge >= 0.3 is 5.97 Å². The zero-order chi connectivity index (χ0) is 14.6. The normalized spacial score (nSPS) is 15.3. The molecule has 1 aliphatic rings. The largest absolute Gasteiger partial charge is 0.481 e. The fourth-order valence-electron chi connectivity index (χ4n) is 2.13. The number of hydrogen-bond acceptors (Lipinski definition) is 4. The number of sulfonamides is 1. The Morgan fingerprint density at radius 3 is 2.85 bits per heavy atom. The molecule has 0 aromatic carbocycles. The molecule has 1 aromatic heterocycles. The van der Waals surface area contributed by atoms with Gasteiger partial charge in [-0.25, -0.2) is 13.1 Å². The number of nitrogens with one attached hydrogen (secondary N) is 1. The van der Waals surface area contributed by atoms with Crippen LogP contribution in [0, 0.1) is 0 Å². The molecule has 1 aromatic rings. The second-order valence-corrected chi connectivity index (χ2v) is 7.86. The van der Waals surface area contributed by atoms with E-state index in [4.69, 9.17) is 5.11 Å². The molecular weight excluding hydrogens is 298 g/mol. The van der Waals surface area contributed by atoms with Gasteiger partial charge in [-0.15, -0.1) is 11.3 Å². The molecule has 1 heterocycles. The number of allylic oxidation sites excluding steroid dienone is 1. The second-order valence-electron chi connectivity index (χ2n) is 4.69. The first kappa shape index (κ1) is 15.2. The zero-order valence-corrected chi connectivity index (χ0v) is 12.6. The first-order chi connectivity index (χ1) is 9.47. The van der Waals surface area contributed by atoms with Crippen molar-refractivity contribution in [3.63, 3.8) is 0 Å². The van der Waals surface area contributed by atoms with Crippen molar-refractivity contribution in [2.45, 2.75) is 36.3 Å². The molecule has 0 radical (unpaired) electrons. The van der Waals surface area contributed by atoms with Crippen LogP contribution in [0.3, 0.4) is 0 Å². The van der Waals surface area contributed by atoms with Crippen LogP contribution in [0.25, 0.3) is 0 Å². The lowest BCUT2D eigenvalue weighted by atomic mass is 10.2. The Kier molecular flexibility index (Phi) is 4.95. The highest BCUT2D eigenvalue weighted by atomic mass is 32.2. The molecule has 0 bridgehead atoms. The van der Waals surface area contributed by atoms with Crippen molar-refractivity contribution >= 4 is 27.3 Å². The standard InChI is InChI=1S/C13H17NO4S2/c15-12(16)9-11-5-6-13(19-11)20(17,18)14-8-7-10-3-1-2-4-10/h3,5-6,14H,1-2,4,7-9H2,(H,15,16). The SMILES string of the molecule is O=C(O)Cc1ccc(S(=O)(=O)NCCC2=CCCC2)s1. The number of carbonyl (C=O) groups is 1. The third kappa shape index (κ3) is 4.16. The van der Waals surface area contributed by atoms with E-state index in [0.29, 0.717) is 11.4 Å². The molecule has 2 N–H and O–H groups in total. The number of carboxylic acids is 1. The summed E-state index contributed by atoms with van der Waals surface area (Å²) in [5.41, 5.74) is 1.31. The maximum absolute atomic E-state index is 12.0. The van der Waals surface area contributed by atoms with Crippen molar-refractivity contribution in [2.75, 3.05) is 6.54 Å². The van der Waals surface area contributed by atoms with Crippen LogP contribution >= 0.6 is 11.3 Å². The number of rotatable bonds is 7. The van der Waals surface area contributed by atoms with Crippen LogP contribution in [0.4, 0.5) is 0 Å². The summed E-state index contributed by atoms with van der Waals surface area (Å²) in [6.07, 6.45) is 6.07. The molecule has 2 rings (SSSR count). The number of thiophene rings is 1. The van der Waals surface area contributed by atoms with Gasteiger partial charge in [-0.05, 0) is 37.8 Å². The van der Waals surface area contributed by atoms with E-state index in [1.54, 1.807) is 6.07 Å². The molecule has 7 heteroatoms. The molecule has 110 valence electrons. The van der Waals surface area contributed by atoms with Gasteiger partial charge in [-0.1, -0.05) is 11.6 Å². The molecule has 0 spiro atoms. The molecule has 1 aliphatic carbocycles. The maximum atomic E-state index is 12.0. The zero-order valence-electron chi connectivity index (χ0n) is 11.0. The minimum absolute atomic E-state index is 0.146. The summed E-state index contributed by atoms with van der Waals surface area (Å²) >= 11 is 1.00. The van der Waals surface area contributed by atoms with E-state index in [0.717, 1.165) is 37.0 Å². The topological polar surface area (TPSA) is 83.5 Å². The Bertz CT molecular complexity index is 616. The summed E-state index contributed by atoms with van der Waals surface area (Å²) in [6, 6.07) is 3.01. The first-order valence-corrected chi connectivity index (χ1v) is 8.75. The van der Waals surface area contributed by atoms with Crippen LogP contribution in [0.2, 0.25) is 0 Å². The Hall–Kier alpha value is -1.18. The van der Waals surface area contributed by atoms with E-state index in [1.807, 2.05) is 0 Å². The van der Waals surface area contributed by atoms with Crippen molar-refractivity contribution in [3.05, 3.63) is 28.7 Å². The van der Waals surface area contributed by atoms with Gasteiger partial charge in [0.15, 0.2) is 0 Å². The average Bonchev–Trinajstić information content (AvgIpc) is 2.99.